The quantitative estimate of drug-likeness (QED) is 0.666. The number of nitrogens with zero attached hydrogens (tertiary/aromatic N) is 2. The molecular formula is C13H15BrN4O. The van der Waals surface area contributed by atoms with E-state index in [1.807, 2.05) is 25.1 Å². The first-order chi connectivity index (χ1) is 9.19. The van der Waals surface area contributed by atoms with Crippen LogP contribution in [0.5, 0.6) is 5.88 Å². The van der Waals surface area contributed by atoms with Gasteiger partial charge in [0, 0.05) is 16.9 Å². The number of rotatable bonds is 4. The fraction of sp³-hybridized carbons (Fsp3) is 0.231. The Balaban J connectivity index is 2.53. The van der Waals surface area contributed by atoms with Crippen molar-refractivity contribution in [3.63, 3.8) is 0 Å². The highest BCUT2D eigenvalue weighted by atomic mass is 79.9. The lowest BCUT2D eigenvalue weighted by molar-refractivity contribution is 0.383. The Morgan fingerprint density at radius 1 is 1.32 bits per heavy atom. The van der Waals surface area contributed by atoms with Gasteiger partial charge in [-0.15, -0.1) is 0 Å². The second-order valence-corrected chi connectivity index (χ2v) is 4.82. The number of aromatic nitrogens is 2. The molecule has 0 amide bonds. The van der Waals surface area contributed by atoms with Crippen LogP contribution in [0.1, 0.15) is 22.9 Å². The molecule has 1 aromatic heterocycles. The molecule has 1 atom stereocenters. The third-order valence-corrected chi connectivity index (χ3v) is 3.94. The molecule has 0 saturated carbocycles. The van der Waals surface area contributed by atoms with E-state index < -0.39 is 0 Å². The van der Waals surface area contributed by atoms with E-state index in [2.05, 4.69) is 31.3 Å². The van der Waals surface area contributed by atoms with Crippen molar-refractivity contribution in [3.8, 4) is 5.88 Å². The maximum atomic E-state index is 5.69. The maximum Gasteiger partial charge on any atom is 0.237 e. The molecule has 1 aromatic carbocycles. The zero-order valence-electron chi connectivity index (χ0n) is 10.7. The fourth-order valence-electron chi connectivity index (χ4n) is 1.90. The molecule has 0 bridgehead atoms. The van der Waals surface area contributed by atoms with Crippen LogP contribution in [-0.4, -0.2) is 17.1 Å². The molecular weight excluding hydrogens is 308 g/mol. The summed E-state index contributed by atoms with van der Waals surface area (Å²) >= 11 is 3.58. The Morgan fingerprint density at radius 2 is 2.05 bits per heavy atom. The van der Waals surface area contributed by atoms with E-state index in [4.69, 9.17) is 10.6 Å². The predicted octanol–water partition coefficient (Wildman–Crippen LogP) is 2.11. The smallest absolute Gasteiger partial charge is 0.237 e. The number of nitrogens with two attached hydrogens (primary N) is 1. The molecule has 2 rings (SSSR count). The van der Waals surface area contributed by atoms with Crippen LogP contribution < -0.4 is 16.0 Å². The van der Waals surface area contributed by atoms with Gasteiger partial charge < -0.3 is 4.74 Å². The second kappa shape index (κ2) is 6.10. The number of hydrazine groups is 1. The molecule has 0 aliphatic rings. The largest absolute Gasteiger partial charge is 0.480 e. The van der Waals surface area contributed by atoms with Crippen molar-refractivity contribution >= 4 is 15.9 Å². The SMILES string of the molecule is COc1nccnc1C(NN)c1cccc(C)c1Br. The summed E-state index contributed by atoms with van der Waals surface area (Å²) in [5.41, 5.74) is 5.53. The summed E-state index contributed by atoms with van der Waals surface area (Å²) in [5, 5.41) is 0. The second-order valence-electron chi connectivity index (χ2n) is 4.03. The van der Waals surface area contributed by atoms with Gasteiger partial charge in [0.25, 0.3) is 0 Å². The van der Waals surface area contributed by atoms with Crippen molar-refractivity contribution in [1.29, 1.82) is 0 Å². The molecule has 0 aliphatic heterocycles. The Bertz CT molecular complexity index is 576. The van der Waals surface area contributed by atoms with Crippen molar-refractivity contribution < 1.29 is 4.74 Å². The zero-order chi connectivity index (χ0) is 13.8. The monoisotopic (exact) mass is 322 g/mol. The van der Waals surface area contributed by atoms with Gasteiger partial charge in [-0.05, 0) is 18.1 Å². The van der Waals surface area contributed by atoms with Gasteiger partial charge in [0.1, 0.15) is 5.69 Å². The van der Waals surface area contributed by atoms with Crippen molar-refractivity contribution in [2.75, 3.05) is 7.11 Å². The number of benzene rings is 1. The van der Waals surface area contributed by atoms with Crippen molar-refractivity contribution in [2.45, 2.75) is 13.0 Å². The average Bonchev–Trinajstić information content (AvgIpc) is 2.45. The first-order valence-electron chi connectivity index (χ1n) is 5.75. The summed E-state index contributed by atoms with van der Waals surface area (Å²) in [5.74, 6) is 6.14. The molecule has 6 heteroatoms. The standard InChI is InChI=1S/C13H15BrN4O/c1-8-4-3-5-9(10(8)14)11(18-15)12-13(19-2)17-7-6-16-12/h3-7,11,18H,15H2,1-2H3. The van der Waals surface area contributed by atoms with Crippen LogP contribution in [-0.2, 0) is 0 Å². The maximum absolute atomic E-state index is 5.69. The number of halogens is 1. The summed E-state index contributed by atoms with van der Waals surface area (Å²) in [7, 11) is 1.56. The highest BCUT2D eigenvalue weighted by molar-refractivity contribution is 9.10. The average molecular weight is 323 g/mol. The Hall–Kier alpha value is -1.50. The topological polar surface area (TPSA) is 73.1 Å². The van der Waals surface area contributed by atoms with Crippen LogP contribution in [0.2, 0.25) is 0 Å². The van der Waals surface area contributed by atoms with Crippen LogP contribution in [0, 0.1) is 6.92 Å². The Morgan fingerprint density at radius 3 is 2.74 bits per heavy atom. The molecule has 5 nitrogen and oxygen atoms in total. The third kappa shape index (κ3) is 2.75. The minimum Gasteiger partial charge on any atom is -0.480 e. The van der Waals surface area contributed by atoms with Gasteiger partial charge in [-0.3, -0.25) is 10.8 Å². The summed E-state index contributed by atoms with van der Waals surface area (Å²) in [6.45, 7) is 2.02. The van der Waals surface area contributed by atoms with Crippen molar-refractivity contribution in [3.05, 3.63) is 51.9 Å². The lowest BCUT2D eigenvalue weighted by atomic mass is 10.0. The zero-order valence-corrected chi connectivity index (χ0v) is 12.3. The minimum atomic E-state index is -0.294. The lowest BCUT2D eigenvalue weighted by Crippen LogP contribution is -2.30. The van der Waals surface area contributed by atoms with Crippen LogP contribution in [0.15, 0.2) is 35.1 Å². The van der Waals surface area contributed by atoms with Gasteiger partial charge >= 0.3 is 0 Å². The van der Waals surface area contributed by atoms with E-state index in [9.17, 15) is 0 Å². The summed E-state index contributed by atoms with van der Waals surface area (Å²) in [6, 6.07) is 5.69. The number of methoxy groups -OCH3 is 1. The molecule has 2 aromatic rings. The van der Waals surface area contributed by atoms with Gasteiger partial charge in [-0.25, -0.2) is 10.4 Å². The van der Waals surface area contributed by atoms with E-state index in [0.29, 0.717) is 11.6 Å². The molecule has 0 saturated heterocycles. The number of aryl methyl sites for hydroxylation is 1. The highest BCUT2D eigenvalue weighted by Crippen LogP contribution is 2.32. The number of nitrogens with one attached hydrogen (secondary N) is 1. The van der Waals surface area contributed by atoms with Gasteiger partial charge in [0.2, 0.25) is 5.88 Å². The number of hydrogen-bond acceptors (Lipinski definition) is 5. The molecule has 0 spiro atoms. The third-order valence-electron chi connectivity index (χ3n) is 2.86. The molecule has 1 unspecified atom stereocenters. The van der Waals surface area contributed by atoms with Gasteiger partial charge in [-0.2, -0.15) is 0 Å². The molecule has 1 heterocycles. The van der Waals surface area contributed by atoms with E-state index in [1.165, 1.54) is 0 Å². The van der Waals surface area contributed by atoms with Crippen LogP contribution in [0.3, 0.4) is 0 Å². The summed E-state index contributed by atoms with van der Waals surface area (Å²) in [4.78, 5) is 8.47. The van der Waals surface area contributed by atoms with Crippen molar-refractivity contribution in [1.82, 2.24) is 15.4 Å². The Kier molecular flexibility index (Phi) is 4.47. The van der Waals surface area contributed by atoms with Gasteiger partial charge in [0.05, 0.1) is 13.2 Å². The van der Waals surface area contributed by atoms with Gasteiger partial charge in [-0.1, -0.05) is 34.1 Å². The normalized spacial score (nSPS) is 12.2. The van der Waals surface area contributed by atoms with Crippen LogP contribution in [0.4, 0.5) is 0 Å². The highest BCUT2D eigenvalue weighted by Gasteiger charge is 2.21. The fourth-order valence-corrected chi connectivity index (χ4v) is 2.39. The van der Waals surface area contributed by atoms with Gasteiger partial charge in [0.15, 0.2) is 0 Å². The summed E-state index contributed by atoms with van der Waals surface area (Å²) < 4.78 is 6.23. The van der Waals surface area contributed by atoms with Crippen LogP contribution in [0.25, 0.3) is 0 Å². The first kappa shape index (κ1) is 13.9. The van der Waals surface area contributed by atoms with E-state index in [-0.39, 0.29) is 6.04 Å². The lowest BCUT2D eigenvalue weighted by Gasteiger charge is -2.19. The number of ether oxygens (including phenoxy) is 1. The molecule has 100 valence electrons. The van der Waals surface area contributed by atoms with Crippen LogP contribution >= 0.6 is 15.9 Å². The molecule has 0 aliphatic carbocycles. The molecule has 0 radical (unpaired) electrons. The Labute approximate surface area is 120 Å². The molecule has 0 fully saturated rings. The predicted molar refractivity (Wildman–Crippen MR) is 76.6 cm³/mol. The van der Waals surface area contributed by atoms with E-state index >= 15 is 0 Å². The number of hydrogen-bond donors (Lipinski definition) is 2. The molecule has 3 N–H and O–H groups in total. The molecule has 19 heavy (non-hydrogen) atoms. The van der Waals surface area contributed by atoms with E-state index in [1.54, 1.807) is 19.5 Å². The van der Waals surface area contributed by atoms with Crippen molar-refractivity contribution in [2.24, 2.45) is 5.84 Å². The van der Waals surface area contributed by atoms with E-state index in [0.717, 1.165) is 15.6 Å². The summed E-state index contributed by atoms with van der Waals surface area (Å²) in [6.07, 6.45) is 3.20. The minimum absolute atomic E-state index is 0.294. The first-order valence-corrected chi connectivity index (χ1v) is 6.54.